The van der Waals surface area contributed by atoms with E-state index in [0.29, 0.717) is 0 Å². The molecular formula is C14H18ClNO. The molecule has 3 heteroatoms. The fourth-order valence-electron chi connectivity index (χ4n) is 2.54. The molecule has 0 aliphatic carbocycles. The fraction of sp³-hybridized carbons (Fsp3) is 0.500. The van der Waals surface area contributed by atoms with Crippen LogP contribution >= 0.6 is 11.6 Å². The van der Waals surface area contributed by atoms with Crippen molar-refractivity contribution in [3.63, 3.8) is 0 Å². The summed E-state index contributed by atoms with van der Waals surface area (Å²) in [6, 6.07) is 8.49. The molecule has 0 radical (unpaired) electrons. The molecule has 0 spiro atoms. The zero-order valence-electron chi connectivity index (χ0n) is 10.3. The summed E-state index contributed by atoms with van der Waals surface area (Å²) in [4.78, 5) is 14.0. The highest BCUT2D eigenvalue weighted by Crippen LogP contribution is 2.34. The topological polar surface area (TPSA) is 20.3 Å². The SMILES string of the molecule is Cc1ccccc1C1CCCN1C(=O)C(C)Cl. The summed E-state index contributed by atoms with van der Waals surface area (Å²) in [5.74, 6) is 0.0532. The Morgan fingerprint density at radius 3 is 2.82 bits per heavy atom. The number of alkyl halides is 1. The summed E-state index contributed by atoms with van der Waals surface area (Å²) >= 11 is 5.91. The highest BCUT2D eigenvalue weighted by Gasteiger charge is 2.32. The first-order valence-corrected chi connectivity index (χ1v) is 6.55. The third-order valence-corrected chi connectivity index (χ3v) is 3.61. The Bertz CT molecular complexity index is 416. The van der Waals surface area contributed by atoms with Crippen LogP contribution in [-0.4, -0.2) is 22.7 Å². The normalized spacial score (nSPS) is 21.6. The standard InChI is InChI=1S/C14H18ClNO/c1-10-6-3-4-7-12(10)13-8-5-9-16(13)14(17)11(2)15/h3-4,6-7,11,13H,5,8-9H2,1-2H3. The number of halogens is 1. The van der Waals surface area contributed by atoms with Gasteiger partial charge in [0.2, 0.25) is 5.91 Å². The Kier molecular flexibility index (Phi) is 3.72. The maximum atomic E-state index is 12.0. The van der Waals surface area contributed by atoms with Crippen molar-refractivity contribution in [3.05, 3.63) is 35.4 Å². The van der Waals surface area contributed by atoms with Gasteiger partial charge < -0.3 is 4.90 Å². The average Bonchev–Trinajstić information content (AvgIpc) is 2.77. The van der Waals surface area contributed by atoms with Crippen LogP contribution in [0.15, 0.2) is 24.3 Å². The van der Waals surface area contributed by atoms with Crippen molar-refractivity contribution < 1.29 is 4.79 Å². The van der Waals surface area contributed by atoms with Crippen LogP contribution < -0.4 is 0 Å². The van der Waals surface area contributed by atoms with E-state index in [0.717, 1.165) is 19.4 Å². The molecule has 17 heavy (non-hydrogen) atoms. The number of hydrogen-bond acceptors (Lipinski definition) is 1. The third-order valence-electron chi connectivity index (χ3n) is 3.42. The Morgan fingerprint density at radius 1 is 1.47 bits per heavy atom. The van der Waals surface area contributed by atoms with E-state index in [9.17, 15) is 4.79 Å². The van der Waals surface area contributed by atoms with Gasteiger partial charge in [-0.15, -0.1) is 11.6 Å². The monoisotopic (exact) mass is 251 g/mol. The van der Waals surface area contributed by atoms with Crippen LogP contribution in [0.5, 0.6) is 0 Å². The first-order chi connectivity index (χ1) is 8.11. The van der Waals surface area contributed by atoms with Gasteiger partial charge in [-0.2, -0.15) is 0 Å². The van der Waals surface area contributed by atoms with Crippen LogP contribution in [0.4, 0.5) is 0 Å². The largest absolute Gasteiger partial charge is 0.334 e. The van der Waals surface area contributed by atoms with Crippen LogP contribution in [0.1, 0.15) is 36.9 Å². The fourth-order valence-corrected chi connectivity index (χ4v) is 2.67. The number of benzene rings is 1. The number of carbonyl (C=O) groups excluding carboxylic acids is 1. The summed E-state index contributed by atoms with van der Waals surface area (Å²) in [6.07, 6.45) is 2.11. The minimum absolute atomic E-state index is 0.0532. The second-order valence-electron chi connectivity index (χ2n) is 4.66. The van der Waals surface area contributed by atoms with Crippen molar-refractivity contribution in [3.8, 4) is 0 Å². The Balaban J connectivity index is 2.26. The predicted octanol–water partition coefficient (Wildman–Crippen LogP) is 3.29. The molecule has 1 aliphatic rings. The molecule has 2 atom stereocenters. The molecule has 0 N–H and O–H groups in total. The lowest BCUT2D eigenvalue weighted by atomic mass is 9.99. The second-order valence-corrected chi connectivity index (χ2v) is 5.32. The molecule has 1 heterocycles. The molecule has 1 fully saturated rings. The zero-order valence-corrected chi connectivity index (χ0v) is 11.1. The van der Waals surface area contributed by atoms with Gasteiger partial charge in [0.05, 0.1) is 6.04 Å². The number of rotatable bonds is 2. The Hall–Kier alpha value is -1.02. The number of nitrogens with zero attached hydrogens (tertiary/aromatic N) is 1. The Morgan fingerprint density at radius 2 is 2.18 bits per heavy atom. The van der Waals surface area contributed by atoms with E-state index in [1.165, 1.54) is 11.1 Å². The number of carbonyl (C=O) groups is 1. The van der Waals surface area contributed by atoms with Gasteiger partial charge in [-0.25, -0.2) is 0 Å². The second kappa shape index (κ2) is 5.09. The predicted molar refractivity (Wildman–Crippen MR) is 70.2 cm³/mol. The van der Waals surface area contributed by atoms with Gasteiger partial charge in [-0.1, -0.05) is 24.3 Å². The molecule has 1 amide bonds. The molecule has 1 aromatic rings. The van der Waals surface area contributed by atoms with Crippen molar-refractivity contribution in [2.24, 2.45) is 0 Å². The van der Waals surface area contributed by atoms with Gasteiger partial charge in [-0.3, -0.25) is 4.79 Å². The maximum Gasteiger partial charge on any atom is 0.240 e. The lowest BCUT2D eigenvalue weighted by Crippen LogP contribution is -2.35. The summed E-state index contributed by atoms with van der Waals surface area (Å²) in [5, 5.41) is -0.431. The molecule has 0 bridgehead atoms. The van der Waals surface area contributed by atoms with Crippen LogP contribution in [0, 0.1) is 6.92 Å². The van der Waals surface area contributed by atoms with Crippen molar-refractivity contribution in [2.75, 3.05) is 6.54 Å². The summed E-state index contributed by atoms with van der Waals surface area (Å²) in [6.45, 7) is 4.67. The summed E-state index contributed by atoms with van der Waals surface area (Å²) < 4.78 is 0. The van der Waals surface area contributed by atoms with E-state index in [1.807, 2.05) is 17.0 Å². The van der Waals surface area contributed by atoms with Crippen molar-refractivity contribution >= 4 is 17.5 Å². The van der Waals surface area contributed by atoms with Crippen molar-refractivity contribution in [1.29, 1.82) is 0 Å². The van der Waals surface area contributed by atoms with Crippen LogP contribution in [0.3, 0.4) is 0 Å². The third kappa shape index (κ3) is 2.47. The number of hydrogen-bond donors (Lipinski definition) is 0. The van der Waals surface area contributed by atoms with Gasteiger partial charge in [0, 0.05) is 6.54 Å². The van der Waals surface area contributed by atoms with Gasteiger partial charge in [0.15, 0.2) is 0 Å². The minimum Gasteiger partial charge on any atom is -0.334 e. The van der Waals surface area contributed by atoms with E-state index in [-0.39, 0.29) is 11.9 Å². The van der Waals surface area contributed by atoms with E-state index in [1.54, 1.807) is 6.92 Å². The molecule has 92 valence electrons. The lowest BCUT2D eigenvalue weighted by Gasteiger charge is -2.27. The molecular weight excluding hydrogens is 234 g/mol. The first kappa shape index (κ1) is 12.4. The molecule has 2 nitrogen and oxygen atoms in total. The van der Waals surface area contributed by atoms with Crippen molar-refractivity contribution in [1.82, 2.24) is 4.90 Å². The molecule has 1 saturated heterocycles. The molecule has 2 unspecified atom stereocenters. The molecule has 2 rings (SSSR count). The zero-order chi connectivity index (χ0) is 12.4. The van der Waals surface area contributed by atoms with Crippen molar-refractivity contribution in [2.45, 2.75) is 38.1 Å². The van der Waals surface area contributed by atoms with E-state index in [4.69, 9.17) is 11.6 Å². The highest BCUT2D eigenvalue weighted by molar-refractivity contribution is 6.30. The van der Waals surface area contributed by atoms with Gasteiger partial charge in [0.1, 0.15) is 5.38 Å². The smallest absolute Gasteiger partial charge is 0.240 e. The number of likely N-dealkylation sites (tertiary alicyclic amines) is 1. The number of aryl methyl sites for hydroxylation is 1. The van der Waals surface area contributed by atoms with Crippen LogP contribution in [0.2, 0.25) is 0 Å². The molecule has 1 aliphatic heterocycles. The van der Waals surface area contributed by atoms with E-state index < -0.39 is 5.38 Å². The number of amides is 1. The average molecular weight is 252 g/mol. The van der Waals surface area contributed by atoms with Crippen LogP contribution in [0.25, 0.3) is 0 Å². The molecule has 0 saturated carbocycles. The van der Waals surface area contributed by atoms with Gasteiger partial charge >= 0.3 is 0 Å². The van der Waals surface area contributed by atoms with Crippen LogP contribution in [-0.2, 0) is 4.79 Å². The first-order valence-electron chi connectivity index (χ1n) is 6.11. The lowest BCUT2D eigenvalue weighted by molar-refractivity contribution is -0.131. The summed E-state index contributed by atoms with van der Waals surface area (Å²) in [7, 11) is 0. The van der Waals surface area contributed by atoms with Gasteiger partial charge in [-0.05, 0) is 37.8 Å². The molecule has 1 aromatic carbocycles. The quantitative estimate of drug-likeness (QED) is 0.739. The molecule has 0 aromatic heterocycles. The summed E-state index contributed by atoms with van der Waals surface area (Å²) in [5.41, 5.74) is 2.51. The van der Waals surface area contributed by atoms with Gasteiger partial charge in [0.25, 0.3) is 0 Å². The maximum absolute atomic E-state index is 12.0. The Labute approximate surface area is 108 Å². The highest BCUT2D eigenvalue weighted by atomic mass is 35.5. The van der Waals surface area contributed by atoms with E-state index in [2.05, 4.69) is 19.1 Å². The minimum atomic E-state index is -0.431. The van der Waals surface area contributed by atoms with E-state index >= 15 is 0 Å².